The molecular weight excluding hydrogens is 1350 g/mol. The zero-order valence-electron chi connectivity index (χ0n) is 42.9. The molecule has 6 aromatic rings. The number of hydrogen-bond acceptors (Lipinski definition) is 27. The first-order chi connectivity index (χ1) is 33.4. The van der Waals surface area contributed by atoms with Gasteiger partial charge >= 0.3 is 242 Å². The Labute approximate surface area is 642 Å². The SMILES string of the molecule is O=C(Nc1ccc(S(=O)(=O)[O-])c(C(=O)Nc2cc(S(=O)(=O)[O-])cc3cc(S(=O)(=O)[O-])cc(S(=O)(=O)[O-])c23)c1)Nc1ccc(S(=O)(=O)[O-])c(C(=O)Nc2cc(S(=O)(=O)[O-])cc3cc(S(=O)(=O)[O-])cc(S(=O)(=O)[O-])c23)c1.[Na+].[Na+].[Na+].[Na+].[Na+].[Na+].[Na+].[Na+]. The maximum absolute atomic E-state index is 13.7. The van der Waals surface area contributed by atoms with Crippen LogP contribution in [0.2, 0.25) is 0 Å². The van der Waals surface area contributed by atoms with Gasteiger partial charge < -0.3 is 57.7 Å². The summed E-state index contributed by atoms with van der Waals surface area (Å²) in [5.74, 6) is -3.68. The fourth-order valence-corrected chi connectivity index (χ4v) is 11.8. The Balaban J connectivity index is -0.00000780. The van der Waals surface area contributed by atoms with Gasteiger partial charge in [-0.3, -0.25) is 9.59 Å². The van der Waals surface area contributed by atoms with E-state index < -0.39 is 193 Å². The van der Waals surface area contributed by atoms with Crippen LogP contribution in [0.4, 0.5) is 27.5 Å². The molecule has 0 aliphatic carbocycles. The Kier molecular flexibility index (Phi) is 34.2. The molecule has 396 valence electrons. The molecule has 0 aliphatic rings. The van der Waals surface area contributed by atoms with Crippen molar-refractivity contribution >= 4 is 143 Å². The van der Waals surface area contributed by atoms with Crippen molar-refractivity contribution in [2.45, 2.75) is 39.2 Å². The van der Waals surface area contributed by atoms with Gasteiger partial charge in [-0.2, -0.15) is 0 Å². The van der Waals surface area contributed by atoms with E-state index in [1.165, 1.54) is 0 Å². The molecule has 0 fully saturated rings. The van der Waals surface area contributed by atoms with E-state index in [9.17, 15) is 118 Å². The number of amides is 4. The number of anilines is 4. The van der Waals surface area contributed by atoms with Crippen molar-refractivity contribution in [3.05, 3.63) is 96.1 Å². The van der Waals surface area contributed by atoms with Crippen LogP contribution >= 0.6 is 0 Å². The van der Waals surface area contributed by atoms with Gasteiger partial charge in [0, 0.05) is 22.1 Å². The van der Waals surface area contributed by atoms with Crippen molar-refractivity contribution in [1.29, 1.82) is 0 Å². The summed E-state index contributed by atoms with van der Waals surface area (Å²) in [4.78, 5) is 28.9. The van der Waals surface area contributed by atoms with Crippen LogP contribution in [-0.4, -0.2) is 122 Å². The number of nitrogens with one attached hydrogen (secondary N) is 4. The first-order valence-electron chi connectivity index (χ1n) is 18.3. The van der Waals surface area contributed by atoms with Crippen LogP contribution in [0.25, 0.3) is 21.5 Å². The fraction of sp³-hybridized carbons (Fsp3) is 0. The van der Waals surface area contributed by atoms with Crippen molar-refractivity contribution in [2.24, 2.45) is 0 Å². The molecule has 31 nitrogen and oxygen atoms in total. The van der Waals surface area contributed by atoms with Crippen molar-refractivity contribution in [3.8, 4) is 0 Å². The molecule has 4 N–H and O–H groups in total. The average Bonchev–Trinajstić information content (AvgIpc) is 3.22. The number of fused-ring (bicyclic) bond motifs is 2. The van der Waals surface area contributed by atoms with Gasteiger partial charge in [-0.25, -0.2) is 72.1 Å². The van der Waals surface area contributed by atoms with Gasteiger partial charge in [0.1, 0.15) is 80.9 Å². The first-order valence-corrected chi connectivity index (χ1v) is 29.6. The second-order valence-corrected chi connectivity index (χ2v) is 25.4. The van der Waals surface area contributed by atoms with E-state index in [1.807, 2.05) is 10.6 Å². The quantitative estimate of drug-likeness (QED) is 0.0581. The van der Waals surface area contributed by atoms with Crippen LogP contribution in [0.1, 0.15) is 20.7 Å². The number of carbonyl (C=O) groups is 3. The summed E-state index contributed by atoms with van der Waals surface area (Å²) in [5.41, 5.74) is -6.32. The van der Waals surface area contributed by atoms with E-state index in [4.69, 9.17) is 0 Å². The summed E-state index contributed by atoms with van der Waals surface area (Å²) < 4.78 is 290. The summed E-state index contributed by atoms with van der Waals surface area (Å²) in [6, 6.07) is 2.93. The summed E-state index contributed by atoms with van der Waals surface area (Å²) in [6.07, 6.45) is 0. The summed E-state index contributed by atoms with van der Waals surface area (Å²) in [6.45, 7) is 0. The Hall–Kier alpha value is 1.33. The zero-order chi connectivity index (χ0) is 55.9. The van der Waals surface area contributed by atoms with E-state index in [0.29, 0.717) is 60.7 Å². The third kappa shape index (κ3) is 21.8. The Morgan fingerprint density at radius 2 is 0.537 bits per heavy atom. The molecule has 0 saturated carbocycles. The predicted octanol–water partition coefficient (Wildman–Crippen LogP) is -24.6. The Morgan fingerprint density at radius 1 is 0.293 bits per heavy atom. The van der Waals surface area contributed by atoms with Gasteiger partial charge in [-0.05, 0) is 95.7 Å². The third-order valence-corrected chi connectivity index (χ3v) is 16.4. The molecule has 0 spiro atoms. The largest absolute Gasteiger partial charge is 1.00 e. The molecule has 4 amide bonds. The van der Waals surface area contributed by atoms with Gasteiger partial charge in [-0.15, -0.1) is 0 Å². The molecule has 6 rings (SSSR count). The molecule has 0 aliphatic heterocycles. The second-order valence-electron chi connectivity index (χ2n) is 14.5. The fourth-order valence-electron chi connectivity index (χ4n) is 6.69. The maximum Gasteiger partial charge on any atom is 1.00 e. The third-order valence-electron chi connectivity index (χ3n) is 9.61. The van der Waals surface area contributed by atoms with Crippen LogP contribution < -0.4 is 258 Å². The van der Waals surface area contributed by atoms with E-state index in [1.54, 1.807) is 10.6 Å². The molecule has 82 heavy (non-hydrogen) atoms. The molecule has 0 unspecified atom stereocenters. The van der Waals surface area contributed by atoms with Crippen molar-refractivity contribution in [1.82, 2.24) is 0 Å². The van der Waals surface area contributed by atoms with Crippen molar-refractivity contribution < 1.29 is 355 Å². The predicted molar refractivity (Wildman–Crippen MR) is 233 cm³/mol. The first kappa shape index (κ1) is 87.5. The standard InChI is InChI=1S/C35H26N4O27S8.8Na/c40-33(38-25-11-19(67(43,44)45)5-15-7-21(69(49,50)51)13-29(31(15)25)73(61,62)63)23-9-17(1-3-27(23)71(55,56)57)36-35(42)37-18-2-4-28(72(58,59)60)24(10-18)34(41)39-26-12-20(68(46,47)48)6-16-8-22(70(52,53)54)14-30(32(16)26)74(64,65)66;;;;;;;;/h1-14H,(H,38,40)(H,39,41)(H2,36,37,42)(H,43,44,45)(H,46,47,48)(H,49,50,51)(H,52,53,54)(H,55,56,57)(H,58,59,60)(H,61,62,63)(H,64,65,66);;;;;;;;/q;8*+1/p-8. The van der Waals surface area contributed by atoms with Gasteiger partial charge in [0.2, 0.25) is 0 Å². The van der Waals surface area contributed by atoms with Crippen molar-refractivity contribution in [2.75, 3.05) is 21.3 Å². The summed E-state index contributed by atoms with van der Waals surface area (Å²) in [5, 5.41) is 3.40. The van der Waals surface area contributed by atoms with Gasteiger partial charge in [0.05, 0.1) is 61.7 Å². The monoisotopic (exact) mass is 1370 g/mol. The molecule has 0 bridgehead atoms. The van der Waals surface area contributed by atoms with Crippen LogP contribution in [0, 0.1) is 0 Å². The summed E-state index contributed by atoms with van der Waals surface area (Å²) >= 11 is 0. The molecule has 0 heterocycles. The molecule has 47 heteroatoms. The van der Waals surface area contributed by atoms with Crippen LogP contribution in [-0.2, 0) is 80.9 Å². The number of hydrogen-bond donors (Lipinski definition) is 4. The van der Waals surface area contributed by atoms with Gasteiger partial charge in [0.15, 0.2) is 0 Å². The molecular formula is C35H18N4Na8O27S8. The topological polar surface area (TPSA) is 557 Å². The van der Waals surface area contributed by atoms with Gasteiger partial charge in [-0.1, -0.05) is 0 Å². The van der Waals surface area contributed by atoms with Crippen LogP contribution in [0.15, 0.2) is 124 Å². The smallest absolute Gasteiger partial charge is 0.744 e. The minimum absolute atomic E-state index is 0. The second kappa shape index (κ2) is 32.1. The molecule has 0 aromatic heterocycles. The summed E-state index contributed by atoms with van der Waals surface area (Å²) in [7, 11) is -45.9. The number of carbonyl (C=O) groups excluding carboxylic acids is 3. The molecule has 0 atom stereocenters. The maximum atomic E-state index is 13.7. The zero-order valence-corrected chi connectivity index (χ0v) is 65.4. The number of rotatable bonds is 14. The van der Waals surface area contributed by atoms with Gasteiger partial charge in [0.25, 0.3) is 11.8 Å². The van der Waals surface area contributed by atoms with E-state index in [2.05, 4.69) is 0 Å². The van der Waals surface area contributed by atoms with Crippen LogP contribution in [0.5, 0.6) is 0 Å². The normalized spacial score (nSPS) is 11.8. The molecule has 0 radical (unpaired) electrons. The average molecular weight is 1370 g/mol. The minimum atomic E-state index is -5.91. The van der Waals surface area contributed by atoms with E-state index in [-0.39, 0.29) is 261 Å². The van der Waals surface area contributed by atoms with E-state index in [0.717, 1.165) is 0 Å². The Morgan fingerprint density at radius 3 is 0.768 bits per heavy atom. The van der Waals surface area contributed by atoms with Crippen LogP contribution in [0.3, 0.4) is 0 Å². The Bertz CT molecular complexity index is 4210. The molecule has 0 saturated heterocycles. The molecule has 6 aromatic carbocycles. The minimum Gasteiger partial charge on any atom is -0.744 e. The number of urea groups is 1. The number of benzene rings is 6. The van der Waals surface area contributed by atoms with E-state index >= 15 is 0 Å². The van der Waals surface area contributed by atoms with Crippen molar-refractivity contribution in [3.63, 3.8) is 0 Å².